The van der Waals surface area contributed by atoms with Gasteiger partial charge in [0.1, 0.15) is 29.0 Å². The highest BCUT2D eigenvalue weighted by Crippen LogP contribution is 2.34. The summed E-state index contributed by atoms with van der Waals surface area (Å²) in [4.78, 5) is 17.7. The van der Waals surface area contributed by atoms with E-state index in [1.165, 1.54) is 6.07 Å². The molecule has 4 rings (SSSR count). The topological polar surface area (TPSA) is 127 Å². The summed E-state index contributed by atoms with van der Waals surface area (Å²) in [6.07, 6.45) is 1.52. The first-order chi connectivity index (χ1) is 18.0. The summed E-state index contributed by atoms with van der Waals surface area (Å²) in [6, 6.07) is 4.37. The van der Waals surface area contributed by atoms with Gasteiger partial charge in [-0.3, -0.25) is 25.4 Å². The lowest BCUT2D eigenvalue weighted by Crippen LogP contribution is -2.46. The smallest absolute Gasteiger partial charge is 0.287 e. The van der Waals surface area contributed by atoms with E-state index in [-0.39, 0.29) is 41.1 Å². The molecule has 2 aliphatic rings. The van der Waals surface area contributed by atoms with E-state index in [4.69, 9.17) is 10.8 Å². The van der Waals surface area contributed by atoms with Gasteiger partial charge in [-0.25, -0.2) is 8.78 Å². The van der Waals surface area contributed by atoms with Gasteiger partial charge in [-0.2, -0.15) is 0 Å². The third-order valence-corrected chi connectivity index (χ3v) is 6.96. The Kier molecular flexibility index (Phi) is 7.98. The molecule has 1 aliphatic carbocycles. The minimum absolute atomic E-state index is 0.0688. The average molecular weight is 529 g/mol. The molecule has 1 saturated heterocycles. The Labute approximate surface area is 220 Å². The van der Waals surface area contributed by atoms with Crippen LogP contribution >= 0.6 is 0 Å². The molecule has 0 unspecified atom stereocenters. The van der Waals surface area contributed by atoms with E-state index in [9.17, 15) is 15.0 Å². The maximum absolute atomic E-state index is 15.3. The third kappa shape index (κ3) is 5.94. The molecule has 0 bridgehead atoms. The van der Waals surface area contributed by atoms with Gasteiger partial charge in [-0.15, -0.1) is 0 Å². The van der Waals surface area contributed by atoms with Gasteiger partial charge in [0.05, 0.1) is 11.3 Å². The molecule has 1 saturated carbocycles. The van der Waals surface area contributed by atoms with Gasteiger partial charge in [-0.05, 0) is 49.6 Å². The van der Waals surface area contributed by atoms with Crippen molar-refractivity contribution in [2.45, 2.75) is 45.2 Å². The van der Waals surface area contributed by atoms with Crippen molar-refractivity contribution in [3.8, 4) is 11.5 Å². The number of carbonyl (C=O) groups excluding carboxylic acids is 1. The van der Waals surface area contributed by atoms with Crippen LogP contribution in [0.2, 0.25) is 0 Å². The number of phenolic OH excluding ortho intramolecular Hbond substituents is 2. The molecule has 2 aromatic carbocycles. The number of hydrogen-bond donors (Lipinski definition) is 5. The van der Waals surface area contributed by atoms with Crippen LogP contribution in [-0.2, 0) is 11.3 Å². The maximum atomic E-state index is 15.3. The van der Waals surface area contributed by atoms with Gasteiger partial charge in [0.15, 0.2) is 5.84 Å². The molecule has 204 valence electrons. The lowest BCUT2D eigenvalue weighted by Gasteiger charge is -2.32. The Morgan fingerprint density at radius 2 is 1.66 bits per heavy atom. The van der Waals surface area contributed by atoms with Gasteiger partial charge in [0, 0.05) is 50.4 Å². The van der Waals surface area contributed by atoms with Crippen molar-refractivity contribution >= 4 is 23.3 Å². The standard InChI is InChI=1S/C27H34F2N6O3/c1-15(2)18-12-19(24(37)13-23(18)36)25(30)35(26(31)27(38)32-16-4-5-16)17-10-21(28)20(22(29)11-17)14-34-8-6-33(3)7-9-34/h10-13,15-16,30-31,36-37H,4-9,14H2,1-3H3,(H,32,38). The van der Waals surface area contributed by atoms with Gasteiger partial charge < -0.3 is 20.4 Å². The fourth-order valence-corrected chi connectivity index (χ4v) is 4.42. The Balaban J connectivity index is 1.72. The van der Waals surface area contributed by atoms with Crippen molar-refractivity contribution in [3.63, 3.8) is 0 Å². The second kappa shape index (κ2) is 11.0. The number of likely N-dealkylation sites (N-methyl/N-ethyl adjacent to an activating group) is 1. The molecule has 2 aromatic rings. The number of amidine groups is 2. The summed E-state index contributed by atoms with van der Waals surface area (Å²) >= 11 is 0. The molecule has 38 heavy (non-hydrogen) atoms. The second-order valence-corrected chi connectivity index (χ2v) is 10.3. The van der Waals surface area contributed by atoms with Crippen LogP contribution in [0, 0.1) is 22.5 Å². The highest BCUT2D eigenvalue weighted by molar-refractivity contribution is 6.48. The molecular weight excluding hydrogens is 494 g/mol. The molecule has 11 heteroatoms. The van der Waals surface area contributed by atoms with Gasteiger partial charge in [-0.1, -0.05) is 13.8 Å². The van der Waals surface area contributed by atoms with E-state index >= 15 is 8.78 Å². The fourth-order valence-electron chi connectivity index (χ4n) is 4.42. The third-order valence-electron chi connectivity index (χ3n) is 6.96. The molecule has 0 atom stereocenters. The number of piperazine rings is 1. The first kappa shape index (κ1) is 27.5. The van der Waals surface area contributed by atoms with Crippen LogP contribution < -0.4 is 10.2 Å². The molecule has 1 heterocycles. The normalized spacial score (nSPS) is 16.5. The maximum Gasteiger partial charge on any atom is 0.287 e. The largest absolute Gasteiger partial charge is 0.508 e. The predicted molar refractivity (Wildman–Crippen MR) is 141 cm³/mol. The quantitative estimate of drug-likeness (QED) is 0.289. The van der Waals surface area contributed by atoms with Crippen LogP contribution in [0.25, 0.3) is 0 Å². The number of nitrogens with zero attached hydrogens (tertiary/aromatic N) is 3. The summed E-state index contributed by atoms with van der Waals surface area (Å²) in [6.45, 7) is 6.59. The molecule has 2 fully saturated rings. The van der Waals surface area contributed by atoms with Crippen molar-refractivity contribution in [3.05, 3.63) is 52.6 Å². The summed E-state index contributed by atoms with van der Waals surface area (Å²) < 4.78 is 30.7. The number of amides is 1. The number of anilines is 1. The van der Waals surface area contributed by atoms with E-state index in [0.717, 1.165) is 49.0 Å². The monoisotopic (exact) mass is 528 g/mol. The molecule has 0 aromatic heterocycles. The lowest BCUT2D eigenvalue weighted by atomic mass is 9.98. The number of benzene rings is 2. The zero-order chi connectivity index (χ0) is 27.7. The SMILES string of the molecule is CC(C)c1cc(C(=N)N(C(=N)C(=O)NC2CC2)c2cc(F)c(CN3CCN(C)CC3)c(F)c2)c(O)cc1O. The number of rotatable bonds is 6. The highest BCUT2D eigenvalue weighted by atomic mass is 19.1. The van der Waals surface area contributed by atoms with Gasteiger partial charge in [0.25, 0.3) is 5.91 Å². The first-order valence-electron chi connectivity index (χ1n) is 12.7. The van der Waals surface area contributed by atoms with Gasteiger partial charge in [0.2, 0.25) is 0 Å². The van der Waals surface area contributed by atoms with Crippen LogP contribution in [0.4, 0.5) is 14.5 Å². The number of hydrogen-bond acceptors (Lipinski definition) is 7. The molecule has 5 N–H and O–H groups in total. The molecule has 1 aliphatic heterocycles. The molecule has 1 amide bonds. The molecular formula is C27H34F2N6O3. The van der Waals surface area contributed by atoms with E-state index in [0.29, 0.717) is 18.7 Å². The van der Waals surface area contributed by atoms with Crippen molar-refractivity contribution in [1.82, 2.24) is 15.1 Å². The number of phenols is 2. The van der Waals surface area contributed by atoms with E-state index < -0.39 is 35.0 Å². The first-order valence-corrected chi connectivity index (χ1v) is 12.7. The molecule has 9 nitrogen and oxygen atoms in total. The minimum atomic E-state index is -0.857. The van der Waals surface area contributed by atoms with Crippen LogP contribution in [-0.4, -0.2) is 76.9 Å². The zero-order valence-electron chi connectivity index (χ0n) is 21.8. The highest BCUT2D eigenvalue weighted by Gasteiger charge is 2.32. The van der Waals surface area contributed by atoms with E-state index in [2.05, 4.69) is 10.2 Å². The Morgan fingerprint density at radius 3 is 2.21 bits per heavy atom. The summed E-state index contributed by atoms with van der Waals surface area (Å²) in [7, 11) is 1.99. The van der Waals surface area contributed by atoms with Crippen molar-refractivity contribution < 1.29 is 23.8 Å². The van der Waals surface area contributed by atoms with Crippen LogP contribution in [0.3, 0.4) is 0 Å². The van der Waals surface area contributed by atoms with E-state index in [1.54, 1.807) is 0 Å². The number of halogens is 2. The fraction of sp³-hybridized carbons (Fsp3) is 0.444. The van der Waals surface area contributed by atoms with Gasteiger partial charge >= 0.3 is 0 Å². The average Bonchev–Trinajstić information content (AvgIpc) is 3.66. The summed E-state index contributed by atoms with van der Waals surface area (Å²) in [5, 5.41) is 40.8. The number of aromatic hydroxyl groups is 2. The van der Waals surface area contributed by atoms with Crippen molar-refractivity contribution in [2.24, 2.45) is 0 Å². The minimum Gasteiger partial charge on any atom is -0.508 e. The van der Waals surface area contributed by atoms with E-state index in [1.807, 2.05) is 25.8 Å². The number of nitrogens with one attached hydrogen (secondary N) is 3. The Morgan fingerprint density at radius 1 is 1.05 bits per heavy atom. The second-order valence-electron chi connectivity index (χ2n) is 10.3. The molecule has 0 spiro atoms. The van der Waals surface area contributed by atoms with Crippen molar-refractivity contribution in [2.75, 3.05) is 38.1 Å². The zero-order valence-corrected chi connectivity index (χ0v) is 21.8. The summed E-state index contributed by atoms with van der Waals surface area (Å²) in [5.74, 6) is -4.58. The lowest BCUT2D eigenvalue weighted by molar-refractivity contribution is -0.115. The summed E-state index contributed by atoms with van der Waals surface area (Å²) in [5.41, 5.74) is -0.0379. The van der Waals surface area contributed by atoms with Crippen LogP contribution in [0.1, 0.15) is 49.3 Å². The molecule has 0 radical (unpaired) electrons. The van der Waals surface area contributed by atoms with Crippen LogP contribution in [0.5, 0.6) is 11.5 Å². The van der Waals surface area contributed by atoms with Crippen LogP contribution in [0.15, 0.2) is 24.3 Å². The van der Waals surface area contributed by atoms with Crippen molar-refractivity contribution in [1.29, 1.82) is 10.8 Å². The Hall–Kier alpha value is -3.57. The number of carbonyl (C=O) groups is 1. The Bertz CT molecular complexity index is 1230. The predicted octanol–water partition coefficient (Wildman–Crippen LogP) is 3.33.